The first-order chi connectivity index (χ1) is 16.3. The number of alkyl halides is 3. The second-order valence-corrected chi connectivity index (χ2v) is 7.57. The highest BCUT2D eigenvalue weighted by molar-refractivity contribution is 6.06. The lowest BCUT2D eigenvalue weighted by atomic mass is 10.1. The van der Waals surface area contributed by atoms with Crippen molar-refractivity contribution in [2.24, 2.45) is 7.05 Å². The molecule has 1 atom stereocenters. The zero-order valence-electron chi connectivity index (χ0n) is 18.7. The number of anilines is 1. The van der Waals surface area contributed by atoms with Crippen molar-refractivity contribution in [1.29, 1.82) is 0 Å². The minimum Gasteiger partial charge on any atom is -0.480 e. The molecular weight excluding hydrogens is 482 g/mol. The number of halogens is 6. The first kappa shape index (κ1) is 25.8. The maximum Gasteiger partial charge on any atom is 0.425 e. The van der Waals surface area contributed by atoms with Gasteiger partial charge in [0, 0.05) is 19.5 Å². The van der Waals surface area contributed by atoms with Gasteiger partial charge >= 0.3 is 11.9 Å². The molecule has 0 saturated heterocycles. The number of carbonyl (C=O) groups excluding carboxylic acids is 1. The zero-order chi connectivity index (χ0) is 26.1. The number of aromatic nitrogens is 3. The molecule has 0 radical (unpaired) electrons. The Hall–Kier alpha value is -3.77. The third-order valence-corrected chi connectivity index (χ3v) is 5.03. The average molecular weight is 502 g/mol. The van der Waals surface area contributed by atoms with Crippen molar-refractivity contribution >= 4 is 11.6 Å². The van der Waals surface area contributed by atoms with E-state index in [9.17, 15) is 31.5 Å². The fourth-order valence-corrected chi connectivity index (χ4v) is 3.11. The summed E-state index contributed by atoms with van der Waals surface area (Å²) in [5, 5.41) is 5.88. The Morgan fingerprint density at radius 2 is 1.77 bits per heavy atom. The van der Waals surface area contributed by atoms with Crippen LogP contribution in [0.2, 0.25) is 0 Å². The van der Waals surface area contributed by atoms with Crippen molar-refractivity contribution in [2.45, 2.75) is 39.0 Å². The largest absolute Gasteiger partial charge is 0.480 e. The summed E-state index contributed by atoms with van der Waals surface area (Å²) in [4.78, 5) is 25.3. The summed E-state index contributed by atoms with van der Waals surface area (Å²) in [6.45, 7) is 2.47. The molecule has 7 nitrogen and oxygen atoms in total. The van der Waals surface area contributed by atoms with Crippen molar-refractivity contribution in [1.82, 2.24) is 14.3 Å². The van der Waals surface area contributed by atoms with Gasteiger partial charge < -0.3 is 10.1 Å². The van der Waals surface area contributed by atoms with Gasteiger partial charge in [0.2, 0.25) is 0 Å². The van der Waals surface area contributed by atoms with Gasteiger partial charge in [-0.25, -0.2) is 18.0 Å². The van der Waals surface area contributed by atoms with E-state index in [1.165, 1.54) is 7.05 Å². The molecule has 0 aliphatic rings. The Bertz CT molecular complexity index is 1300. The molecule has 0 aliphatic heterocycles. The lowest BCUT2D eigenvalue weighted by Gasteiger charge is -2.20. The number of carbonyl (C=O) groups is 1. The van der Waals surface area contributed by atoms with Gasteiger partial charge in [0.05, 0.1) is 5.56 Å². The number of ether oxygens (including phenoxy) is 1. The van der Waals surface area contributed by atoms with Crippen LogP contribution < -0.4 is 15.7 Å². The predicted octanol–water partition coefficient (Wildman–Crippen LogP) is 4.52. The van der Waals surface area contributed by atoms with Crippen molar-refractivity contribution < 1.29 is 35.9 Å². The van der Waals surface area contributed by atoms with E-state index in [4.69, 9.17) is 4.74 Å². The molecule has 1 N–H and O–H groups in total. The Kier molecular flexibility index (Phi) is 7.27. The van der Waals surface area contributed by atoms with Crippen LogP contribution >= 0.6 is 0 Å². The minimum absolute atomic E-state index is 0.292. The number of nitrogens with zero attached hydrogens (tertiary/aromatic N) is 3. The Morgan fingerprint density at radius 3 is 2.34 bits per heavy atom. The van der Waals surface area contributed by atoms with E-state index in [0.29, 0.717) is 42.4 Å². The van der Waals surface area contributed by atoms with Crippen molar-refractivity contribution in [3.8, 4) is 11.4 Å². The van der Waals surface area contributed by atoms with Crippen molar-refractivity contribution in [3.63, 3.8) is 0 Å². The average Bonchev–Trinajstić information content (AvgIpc) is 3.05. The standard InChI is InChI=1S/C22H20F6N4O3/c1-4-6-18-30-32(21(34)31(18)3)16-10-17(35-11(2)22(26,27)28)12(9-15(16)25)20(33)29-19-13(23)7-5-8-14(19)24/h5,7-11H,4,6H2,1-3H3,(H,29,33). The van der Waals surface area contributed by atoms with Gasteiger partial charge in [-0.15, -0.1) is 5.10 Å². The smallest absolute Gasteiger partial charge is 0.425 e. The van der Waals surface area contributed by atoms with Crippen LogP contribution in [0.25, 0.3) is 5.69 Å². The molecule has 1 unspecified atom stereocenters. The maximum absolute atomic E-state index is 15.0. The number of nitrogens with one attached hydrogen (secondary N) is 1. The quantitative estimate of drug-likeness (QED) is 0.482. The molecule has 0 spiro atoms. The van der Waals surface area contributed by atoms with E-state index in [1.807, 2.05) is 12.2 Å². The van der Waals surface area contributed by atoms with Crippen LogP contribution in [0.4, 0.5) is 32.0 Å². The molecule has 3 rings (SSSR count). The normalized spacial score (nSPS) is 12.5. The number of amides is 1. The highest BCUT2D eigenvalue weighted by Gasteiger charge is 2.39. The highest BCUT2D eigenvalue weighted by atomic mass is 19.4. The fourth-order valence-electron chi connectivity index (χ4n) is 3.11. The Balaban J connectivity index is 2.14. The lowest BCUT2D eigenvalue weighted by Crippen LogP contribution is -2.32. The van der Waals surface area contributed by atoms with E-state index in [2.05, 4.69) is 5.10 Å². The van der Waals surface area contributed by atoms with Gasteiger partial charge in [-0.05, 0) is 31.5 Å². The third kappa shape index (κ3) is 5.33. The summed E-state index contributed by atoms with van der Waals surface area (Å²) in [5.41, 5.74) is -3.04. The molecule has 13 heteroatoms. The predicted molar refractivity (Wildman–Crippen MR) is 113 cm³/mol. The van der Waals surface area contributed by atoms with Crippen LogP contribution in [0, 0.1) is 17.5 Å². The van der Waals surface area contributed by atoms with Gasteiger partial charge in [0.25, 0.3) is 5.91 Å². The molecular formula is C22H20F6N4O3. The van der Waals surface area contributed by atoms with Crippen LogP contribution in [0.15, 0.2) is 35.1 Å². The first-order valence-electron chi connectivity index (χ1n) is 10.3. The van der Waals surface area contributed by atoms with Gasteiger partial charge in [-0.1, -0.05) is 13.0 Å². The number of hydrogen-bond donors (Lipinski definition) is 1. The molecule has 0 fully saturated rings. The molecule has 0 saturated carbocycles. The summed E-state index contributed by atoms with van der Waals surface area (Å²) >= 11 is 0. The van der Waals surface area contributed by atoms with E-state index in [0.717, 1.165) is 22.8 Å². The summed E-state index contributed by atoms with van der Waals surface area (Å²) in [6.07, 6.45) is -6.34. The van der Waals surface area contributed by atoms with Crippen molar-refractivity contribution in [3.05, 3.63) is 69.7 Å². The molecule has 35 heavy (non-hydrogen) atoms. The SMILES string of the molecule is CCCc1nn(-c2cc(OC(C)C(F)(F)F)c(C(=O)Nc3c(F)cccc3F)cc2F)c(=O)n1C. The van der Waals surface area contributed by atoms with Crippen LogP contribution in [-0.4, -0.2) is 32.5 Å². The molecule has 1 amide bonds. The van der Waals surface area contributed by atoms with Crippen LogP contribution in [0.5, 0.6) is 5.75 Å². The number of benzene rings is 2. The molecule has 0 aliphatic carbocycles. The Morgan fingerprint density at radius 1 is 1.14 bits per heavy atom. The first-order valence-corrected chi connectivity index (χ1v) is 10.3. The second kappa shape index (κ2) is 9.84. The monoisotopic (exact) mass is 502 g/mol. The molecule has 3 aromatic rings. The highest BCUT2D eigenvalue weighted by Crippen LogP contribution is 2.31. The van der Waals surface area contributed by atoms with Gasteiger partial charge in [-0.3, -0.25) is 9.36 Å². The van der Waals surface area contributed by atoms with E-state index >= 15 is 4.39 Å². The summed E-state index contributed by atoms with van der Waals surface area (Å²) < 4.78 is 89.1. The van der Waals surface area contributed by atoms with Crippen LogP contribution in [0.1, 0.15) is 36.5 Å². The van der Waals surface area contributed by atoms with Crippen molar-refractivity contribution in [2.75, 3.05) is 5.32 Å². The van der Waals surface area contributed by atoms with E-state index in [1.54, 1.807) is 0 Å². The fraction of sp³-hybridized carbons (Fsp3) is 0.318. The van der Waals surface area contributed by atoms with Crippen LogP contribution in [0.3, 0.4) is 0 Å². The number of rotatable bonds is 7. The topological polar surface area (TPSA) is 78.2 Å². The third-order valence-electron chi connectivity index (χ3n) is 5.03. The number of aryl methyl sites for hydroxylation is 1. The summed E-state index contributed by atoms with van der Waals surface area (Å²) in [7, 11) is 1.39. The molecule has 0 bridgehead atoms. The molecule has 1 aromatic heterocycles. The summed E-state index contributed by atoms with van der Waals surface area (Å²) in [6, 6.07) is 3.92. The Labute approximate surface area is 194 Å². The maximum atomic E-state index is 15.0. The summed E-state index contributed by atoms with van der Waals surface area (Å²) in [5.74, 6) is -5.37. The molecule has 1 heterocycles. The molecule has 2 aromatic carbocycles. The van der Waals surface area contributed by atoms with E-state index in [-0.39, 0.29) is 0 Å². The van der Waals surface area contributed by atoms with Crippen LogP contribution in [-0.2, 0) is 13.5 Å². The number of hydrogen-bond acceptors (Lipinski definition) is 4. The second-order valence-electron chi connectivity index (χ2n) is 7.57. The lowest BCUT2D eigenvalue weighted by molar-refractivity contribution is -0.189. The van der Waals surface area contributed by atoms with E-state index < -0.39 is 64.0 Å². The van der Waals surface area contributed by atoms with Gasteiger partial charge in [0.1, 0.15) is 40.4 Å². The van der Waals surface area contributed by atoms with Gasteiger partial charge in [-0.2, -0.15) is 17.9 Å². The number of para-hydroxylation sites is 1. The molecule has 188 valence electrons. The van der Waals surface area contributed by atoms with Gasteiger partial charge in [0.15, 0.2) is 6.10 Å². The zero-order valence-corrected chi connectivity index (χ0v) is 18.7. The minimum atomic E-state index is -4.87.